The second-order valence-corrected chi connectivity index (χ2v) is 5.37. The third-order valence-corrected chi connectivity index (χ3v) is 3.27. The number of aryl methyl sites for hydroxylation is 1. The first-order chi connectivity index (χ1) is 10.1. The highest BCUT2D eigenvalue weighted by molar-refractivity contribution is 9.10. The molecule has 1 N–H and O–H groups in total. The van der Waals surface area contributed by atoms with Crippen molar-refractivity contribution in [3.63, 3.8) is 0 Å². The number of hydrogen-bond donors (Lipinski definition) is 1. The van der Waals surface area contributed by atoms with Gasteiger partial charge in [-0.1, -0.05) is 28.1 Å². The first-order valence-electron chi connectivity index (χ1n) is 6.41. The molecular weight excluding hydrogens is 336 g/mol. The van der Waals surface area contributed by atoms with Gasteiger partial charge in [-0.15, -0.1) is 0 Å². The van der Waals surface area contributed by atoms with Crippen molar-refractivity contribution in [3.8, 4) is 11.5 Å². The van der Waals surface area contributed by atoms with E-state index < -0.39 is 5.97 Å². The summed E-state index contributed by atoms with van der Waals surface area (Å²) in [7, 11) is 0. The number of halogens is 1. The van der Waals surface area contributed by atoms with Crippen molar-refractivity contribution >= 4 is 21.9 Å². The van der Waals surface area contributed by atoms with Crippen LogP contribution in [0.5, 0.6) is 11.5 Å². The minimum absolute atomic E-state index is 0.133. The number of carboxylic acids is 1. The van der Waals surface area contributed by atoms with E-state index in [-0.39, 0.29) is 12.2 Å². The predicted octanol–water partition coefficient (Wildman–Crippen LogP) is 3.91. The molecule has 0 radical (unpaired) electrons. The molecule has 0 atom stereocenters. The molecule has 21 heavy (non-hydrogen) atoms. The molecule has 0 unspecified atom stereocenters. The van der Waals surface area contributed by atoms with E-state index in [1.807, 2.05) is 31.2 Å². The SMILES string of the molecule is Cc1cccc(OCCOc2cc(Br)ccc2C(=O)O)c1. The maximum atomic E-state index is 11.1. The highest BCUT2D eigenvalue weighted by Crippen LogP contribution is 2.23. The lowest BCUT2D eigenvalue weighted by Crippen LogP contribution is -2.11. The van der Waals surface area contributed by atoms with Gasteiger partial charge in [0, 0.05) is 4.47 Å². The number of hydrogen-bond acceptors (Lipinski definition) is 3. The summed E-state index contributed by atoms with van der Waals surface area (Å²) in [5.41, 5.74) is 1.25. The van der Waals surface area contributed by atoms with Gasteiger partial charge in [0.25, 0.3) is 0 Å². The van der Waals surface area contributed by atoms with Crippen LogP contribution in [-0.4, -0.2) is 24.3 Å². The van der Waals surface area contributed by atoms with Crippen molar-refractivity contribution < 1.29 is 19.4 Å². The number of benzene rings is 2. The van der Waals surface area contributed by atoms with Crippen LogP contribution in [0.2, 0.25) is 0 Å². The minimum Gasteiger partial charge on any atom is -0.490 e. The molecule has 5 heteroatoms. The van der Waals surface area contributed by atoms with Crippen molar-refractivity contribution in [1.29, 1.82) is 0 Å². The molecule has 0 heterocycles. The van der Waals surface area contributed by atoms with Crippen LogP contribution in [0, 0.1) is 6.92 Å². The van der Waals surface area contributed by atoms with Crippen LogP contribution in [0.1, 0.15) is 15.9 Å². The van der Waals surface area contributed by atoms with E-state index in [1.165, 1.54) is 6.07 Å². The molecule has 0 saturated carbocycles. The lowest BCUT2D eigenvalue weighted by atomic mass is 10.2. The van der Waals surface area contributed by atoms with Crippen LogP contribution >= 0.6 is 15.9 Å². The number of carboxylic acid groups (broad SMARTS) is 1. The molecule has 4 nitrogen and oxygen atoms in total. The van der Waals surface area contributed by atoms with Crippen molar-refractivity contribution in [2.45, 2.75) is 6.92 Å². The van der Waals surface area contributed by atoms with E-state index in [0.29, 0.717) is 12.4 Å². The Labute approximate surface area is 131 Å². The van der Waals surface area contributed by atoms with Crippen LogP contribution in [0.4, 0.5) is 0 Å². The lowest BCUT2D eigenvalue weighted by Gasteiger charge is -2.11. The zero-order valence-electron chi connectivity index (χ0n) is 11.5. The van der Waals surface area contributed by atoms with Gasteiger partial charge in [0.1, 0.15) is 30.3 Å². The van der Waals surface area contributed by atoms with E-state index in [4.69, 9.17) is 14.6 Å². The monoisotopic (exact) mass is 350 g/mol. The van der Waals surface area contributed by atoms with Crippen molar-refractivity contribution in [1.82, 2.24) is 0 Å². The molecule has 0 spiro atoms. The van der Waals surface area contributed by atoms with Crippen LogP contribution in [0.3, 0.4) is 0 Å². The fraction of sp³-hybridized carbons (Fsp3) is 0.188. The summed E-state index contributed by atoms with van der Waals surface area (Å²) >= 11 is 3.29. The maximum absolute atomic E-state index is 11.1. The molecule has 2 aromatic rings. The maximum Gasteiger partial charge on any atom is 0.339 e. The Hall–Kier alpha value is -2.01. The topological polar surface area (TPSA) is 55.8 Å². The van der Waals surface area contributed by atoms with Gasteiger partial charge in [-0.2, -0.15) is 0 Å². The van der Waals surface area contributed by atoms with Gasteiger partial charge in [-0.25, -0.2) is 4.79 Å². The van der Waals surface area contributed by atoms with Crippen molar-refractivity contribution in [2.24, 2.45) is 0 Å². The quantitative estimate of drug-likeness (QED) is 0.802. The minimum atomic E-state index is -1.02. The summed E-state index contributed by atoms with van der Waals surface area (Å²) in [5.74, 6) is 0.0770. The Bertz CT molecular complexity index is 640. The molecule has 0 amide bonds. The van der Waals surface area contributed by atoms with Gasteiger partial charge < -0.3 is 14.6 Å². The molecule has 2 rings (SSSR count). The van der Waals surface area contributed by atoms with E-state index in [2.05, 4.69) is 15.9 Å². The van der Waals surface area contributed by atoms with E-state index in [0.717, 1.165) is 15.8 Å². The Morgan fingerprint density at radius 2 is 1.90 bits per heavy atom. The number of carbonyl (C=O) groups is 1. The third-order valence-electron chi connectivity index (χ3n) is 2.77. The summed E-state index contributed by atoms with van der Waals surface area (Å²) in [5, 5.41) is 9.10. The average molecular weight is 351 g/mol. The second-order valence-electron chi connectivity index (χ2n) is 4.46. The summed E-state index contributed by atoms with van der Waals surface area (Å²) in [6.45, 7) is 2.60. The highest BCUT2D eigenvalue weighted by Gasteiger charge is 2.11. The first kappa shape index (κ1) is 15.4. The van der Waals surface area contributed by atoms with E-state index >= 15 is 0 Å². The Morgan fingerprint density at radius 3 is 2.62 bits per heavy atom. The van der Waals surface area contributed by atoms with Gasteiger partial charge >= 0.3 is 5.97 Å². The van der Waals surface area contributed by atoms with Crippen LogP contribution in [-0.2, 0) is 0 Å². The molecule has 0 aliphatic carbocycles. The van der Waals surface area contributed by atoms with Gasteiger partial charge in [0.2, 0.25) is 0 Å². The third kappa shape index (κ3) is 4.49. The number of aromatic carboxylic acids is 1. The Morgan fingerprint density at radius 1 is 1.14 bits per heavy atom. The zero-order valence-corrected chi connectivity index (χ0v) is 13.1. The molecule has 0 aromatic heterocycles. The molecule has 0 aliphatic heterocycles. The van der Waals surface area contributed by atoms with Gasteiger partial charge in [0.05, 0.1) is 0 Å². The van der Waals surface area contributed by atoms with E-state index in [1.54, 1.807) is 12.1 Å². The van der Waals surface area contributed by atoms with Crippen molar-refractivity contribution in [2.75, 3.05) is 13.2 Å². The van der Waals surface area contributed by atoms with Crippen molar-refractivity contribution in [3.05, 3.63) is 58.1 Å². The Kier molecular flexibility index (Phi) is 5.22. The van der Waals surface area contributed by atoms with Gasteiger partial charge in [-0.3, -0.25) is 0 Å². The number of ether oxygens (including phenoxy) is 2. The molecule has 0 aliphatic rings. The van der Waals surface area contributed by atoms with Crippen LogP contribution < -0.4 is 9.47 Å². The second kappa shape index (κ2) is 7.13. The summed E-state index contributed by atoms with van der Waals surface area (Å²) in [4.78, 5) is 11.1. The normalized spacial score (nSPS) is 10.2. The average Bonchev–Trinajstić information content (AvgIpc) is 2.43. The zero-order chi connectivity index (χ0) is 15.2. The molecule has 0 saturated heterocycles. The van der Waals surface area contributed by atoms with Crippen LogP contribution in [0.15, 0.2) is 46.9 Å². The Balaban J connectivity index is 1.91. The van der Waals surface area contributed by atoms with E-state index in [9.17, 15) is 4.79 Å². The first-order valence-corrected chi connectivity index (χ1v) is 7.20. The molecular formula is C16H15BrO4. The lowest BCUT2D eigenvalue weighted by molar-refractivity contribution is 0.0691. The van der Waals surface area contributed by atoms with Gasteiger partial charge in [-0.05, 0) is 42.8 Å². The fourth-order valence-corrected chi connectivity index (χ4v) is 2.15. The standard InChI is InChI=1S/C16H15BrO4/c1-11-3-2-4-13(9-11)20-7-8-21-15-10-12(17)5-6-14(15)16(18)19/h2-6,9-10H,7-8H2,1H3,(H,18,19). The molecule has 2 aromatic carbocycles. The molecule has 0 bridgehead atoms. The predicted molar refractivity (Wildman–Crippen MR) is 83.3 cm³/mol. The molecule has 110 valence electrons. The van der Waals surface area contributed by atoms with Gasteiger partial charge in [0.15, 0.2) is 0 Å². The largest absolute Gasteiger partial charge is 0.490 e. The smallest absolute Gasteiger partial charge is 0.339 e. The summed E-state index contributed by atoms with van der Waals surface area (Å²) < 4.78 is 11.8. The fourth-order valence-electron chi connectivity index (χ4n) is 1.81. The summed E-state index contributed by atoms with van der Waals surface area (Å²) in [6, 6.07) is 12.5. The summed E-state index contributed by atoms with van der Waals surface area (Å²) in [6.07, 6.45) is 0. The molecule has 0 fully saturated rings. The highest BCUT2D eigenvalue weighted by atomic mass is 79.9. The number of rotatable bonds is 6. The van der Waals surface area contributed by atoms with Crippen LogP contribution in [0.25, 0.3) is 0 Å².